The van der Waals surface area contributed by atoms with Crippen LogP contribution in [0.15, 0.2) is 47.1 Å². The van der Waals surface area contributed by atoms with Crippen LogP contribution in [0.3, 0.4) is 0 Å². The molecule has 0 unspecified atom stereocenters. The van der Waals surface area contributed by atoms with Gasteiger partial charge in [-0.3, -0.25) is 30.0 Å². The van der Waals surface area contributed by atoms with E-state index in [1.165, 1.54) is 30.5 Å². The number of carbonyl (C=O) groups is 4. The molecule has 1 aromatic carbocycles. The first-order valence-corrected chi connectivity index (χ1v) is 7.39. The first-order chi connectivity index (χ1) is 12.5. The molecule has 0 atom stereocenters. The zero-order valence-electron chi connectivity index (χ0n) is 13.4. The minimum Gasteiger partial charge on any atom is -0.459 e. The standard InChI is InChI=1S/C16H15FN4O5/c17-11-5-3-10(4-6-11)15(24)21-20-14(23)9-18-13(22)8-19-16(25)12-2-1-7-26-12/h1-7H,8-9H2,(H,18,22)(H,19,25)(H,20,23)(H,21,24). The van der Waals surface area contributed by atoms with Crippen LogP contribution < -0.4 is 21.5 Å². The van der Waals surface area contributed by atoms with E-state index in [4.69, 9.17) is 4.42 Å². The van der Waals surface area contributed by atoms with Gasteiger partial charge in [0, 0.05) is 5.56 Å². The molecule has 0 aliphatic heterocycles. The molecule has 0 bridgehead atoms. The van der Waals surface area contributed by atoms with Crippen LogP contribution in [0.5, 0.6) is 0 Å². The second-order valence-electron chi connectivity index (χ2n) is 4.95. The van der Waals surface area contributed by atoms with Crippen molar-refractivity contribution in [3.05, 3.63) is 59.8 Å². The van der Waals surface area contributed by atoms with E-state index in [1.807, 2.05) is 0 Å². The summed E-state index contributed by atoms with van der Waals surface area (Å²) in [5.41, 5.74) is 4.35. The zero-order valence-corrected chi connectivity index (χ0v) is 13.4. The first-order valence-electron chi connectivity index (χ1n) is 7.39. The molecule has 26 heavy (non-hydrogen) atoms. The highest BCUT2D eigenvalue weighted by atomic mass is 19.1. The largest absolute Gasteiger partial charge is 0.459 e. The Labute approximate surface area is 146 Å². The molecule has 2 rings (SSSR count). The summed E-state index contributed by atoms with van der Waals surface area (Å²) in [6, 6.07) is 7.67. The Bertz CT molecular complexity index is 789. The Morgan fingerprint density at radius 3 is 2.19 bits per heavy atom. The monoisotopic (exact) mass is 362 g/mol. The fraction of sp³-hybridized carbons (Fsp3) is 0.125. The van der Waals surface area contributed by atoms with Gasteiger partial charge in [-0.05, 0) is 36.4 Å². The van der Waals surface area contributed by atoms with Crippen molar-refractivity contribution in [1.82, 2.24) is 21.5 Å². The van der Waals surface area contributed by atoms with Crippen LogP contribution in [0.2, 0.25) is 0 Å². The van der Waals surface area contributed by atoms with Gasteiger partial charge in [0.25, 0.3) is 17.7 Å². The maximum atomic E-state index is 12.8. The van der Waals surface area contributed by atoms with E-state index in [0.717, 1.165) is 12.1 Å². The number of hydrogen-bond acceptors (Lipinski definition) is 5. The van der Waals surface area contributed by atoms with Crippen LogP contribution in [0.1, 0.15) is 20.9 Å². The molecule has 1 heterocycles. The van der Waals surface area contributed by atoms with Gasteiger partial charge in [0.05, 0.1) is 19.4 Å². The molecule has 4 amide bonds. The molecule has 0 saturated carbocycles. The number of amides is 4. The van der Waals surface area contributed by atoms with Crippen LogP contribution in [0, 0.1) is 5.82 Å². The second kappa shape index (κ2) is 8.97. The molecule has 0 saturated heterocycles. The Morgan fingerprint density at radius 1 is 0.846 bits per heavy atom. The van der Waals surface area contributed by atoms with E-state index in [9.17, 15) is 23.6 Å². The highest BCUT2D eigenvalue weighted by molar-refractivity contribution is 5.96. The Hall–Kier alpha value is -3.69. The van der Waals surface area contributed by atoms with E-state index in [0.29, 0.717) is 0 Å². The fourth-order valence-electron chi connectivity index (χ4n) is 1.74. The van der Waals surface area contributed by atoms with Crippen molar-refractivity contribution in [2.45, 2.75) is 0 Å². The maximum absolute atomic E-state index is 12.8. The number of hydrazine groups is 1. The third kappa shape index (κ3) is 5.74. The SMILES string of the molecule is O=C(CNC(=O)c1ccco1)NCC(=O)NNC(=O)c1ccc(F)cc1. The van der Waals surface area contributed by atoms with Crippen LogP contribution in [-0.4, -0.2) is 36.7 Å². The average molecular weight is 362 g/mol. The number of furan rings is 1. The molecule has 10 heteroatoms. The topological polar surface area (TPSA) is 130 Å². The lowest BCUT2D eigenvalue weighted by molar-refractivity contribution is -0.125. The summed E-state index contributed by atoms with van der Waals surface area (Å²) in [6.07, 6.45) is 1.32. The molecule has 2 aromatic rings. The molecule has 0 aliphatic carbocycles. The lowest BCUT2D eigenvalue weighted by Gasteiger charge is -2.09. The molecule has 4 N–H and O–H groups in total. The molecule has 0 radical (unpaired) electrons. The summed E-state index contributed by atoms with van der Waals surface area (Å²) in [5, 5.41) is 4.56. The molecule has 136 valence electrons. The highest BCUT2D eigenvalue weighted by Gasteiger charge is 2.11. The summed E-state index contributed by atoms with van der Waals surface area (Å²) in [4.78, 5) is 46.4. The highest BCUT2D eigenvalue weighted by Crippen LogP contribution is 2.01. The Morgan fingerprint density at radius 2 is 1.54 bits per heavy atom. The van der Waals surface area contributed by atoms with Crippen molar-refractivity contribution in [2.24, 2.45) is 0 Å². The van der Waals surface area contributed by atoms with E-state index in [1.54, 1.807) is 0 Å². The van der Waals surface area contributed by atoms with Gasteiger partial charge in [0.15, 0.2) is 5.76 Å². The van der Waals surface area contributed by atoms with Gasteiger partial charge in [0.2, 0.25) is 5.91 Å². The number of benzene rings is 1. The van der Waals surface area contributed by atoms with Gasteiger partial charge in [-0.15, -0.1) is 0 Å². The number of hydrogen-bond donors (Lipinski definition) is 4. The summed E-state index contributed by atoms with van der Waals surface area (Å²) in [6.45, 7) is -0.770. The lowest BCUT2D eigenvalue weighted by atomic mass is 10.2. The molecule has 0 aliphatic rings. The summed E-state index contributed by atoms with van der Waals surface area (Å²) in [7, 11) is 0. The second-order valence-corrected chi connectivity index (χ2v) is 4.95. The van der Waals surface area contributed by atoms with Crippen molar-refractivity contribution in [3.63, 3.8) is 0 Å². The van der Waals surface area contributed by atoms with Crippen molar-refractivity contribution in [1.29, 1.82) is 0 Å². The molecule has 0 spiro atoms. The molecule has 9 nitrogen and oxygen atoms in total. The summed E-state index contributed by atoms with van der Waals surface area (Å²) in [5.74, 6) is -2.95. The van der Waals surface area contributed by atoms with Gasteiger partial charge < -0.3 is 15.1 Å². The van der Waals surface area contributed by atoms with Crippen molar-refractivity contribution >= 4 is 23.6 Å². The third-order valence-corrected chi connectivity index (χ3v) is 3.02. The summed E-state index contributed by atoms with van der Waals surface area (Å²) >= 11 is 0. The molecule has 0 fully saturated rings. The van der Waals surface area contributed by atoms with E-state index < -0.39 is 36.0 Å². The van der Waals surface area contributed by atoms with Crippen LogP contribution >= 0.6 is 0 Å². The minimum atomic E-state index is -0.689. The lowest BCUT2D eigenvalue weighted by Crippen LogP contribution is -2.47. The normalized spacial score (nSPS) is 9.88. The molecular weight excluding hydrogens is 347 g/mol. The summed E-state index contributed by atoms with van der Waals surface area (Å²) < 4.78 is 17.6. The Balaban J connectivity index is 1.64. The number of rotatable bonds is 6. The van der Waals surface area contributed by atoms with Crippen LogP contribution in [0.25, 0.3) is 0 Å². The third-order valence-electron chi connectivity index (χ3n) is 3.02. The van der Waals surface area contributed by atoms with Gasteiger partial charge in [-0.1, -0.05) is 0 Å². The quantitative estimate of drug-likeness (QED) is 0.526. The number of nitrogens with one attached hydrogen (secondary N) is 4. The smallest absolute Gasteiger partial charge is 0.287 e. The van der Waals surface area contributed by atoms with E-state index >= 15 is 0 Å². The van der Waals surface area contributed by atoms with E-state index in [2.05, 4.69) is 21.5 Å². The van der Waals surface area contributed by atoms with Gasteiger partial charge in [-0.25, -0.2) is 4.39 Å². The number of carbonyl (C=O) groups excluding carboxylic acids is 4. The van der Waals surface area contributed by atoms with Crippen LogP contribution in [0.4, 0.5) is 4.39 Å². The van der Waals surface area contributed by atoms with E-state index in [-0.39, 0.29) is 17.9 Å². The van der Waals surface area contributed by atoms with Gasteiger partial charge >= 0.3 is 0 Å². The van der Waals surface area contributed by atoms with Gasteiger partial charge in [-0.2, -0.15) is 0 Å². The average Bonchev–Trinajstić information content (AvgIpc) is 3.17. The van der Waals surface area contributed by atoms with Crippen molar-refractivity contribution in [2.75, 3.05) is 13.1 Å². The van der Waals surface area contributed by atoms with Crippen molar-refractivity contribution in [3.8, 4) is 0 Å². The minimum absolute atomic E-state index is 0.0547. The fourth-order valence-corrected chi connectivity index (χ4v) is 1.74. The maximum Gasteiger partial charge on any atom is 0.287 e. The predicted molar refractivity (Wildman–Crippen MR) is 86.1 cm³/mol. The zero-order chi connectivity index (χ0) is 18.9. The Kier molecular flexibility index (Phi) is 6.43. The van der Waals surface area contributed by atoms with Gasteiger partial charge in [0.1, 0.15) is 5.82 Å². The molecular formula is C16H15FN4O5. The number of halogens is 1. The first kappa shape index (κ1) is 18.6. The molecule has 1 aromatic heterocycles. The van der Waals surface area contributed by atoms with Crippen molar-refractivity contribution < 1.29 is 28.0 Å². The van der Waals surface area contributed by atoms with Crippen LogP contribution in [-0.2, 0) is 9.59 Å². The predicted octanol–water partition coefficient (Wildman–Crippen LogP) is -0.274.